The van der Waals surface area contributed by atoms with Crippen molar-refractivity contribution in [2.24, 2.45) is 0 Å². The molecule has 0 amide bonds. The summed E-state index contributed by atoms with van der Waals surface area (Å²) in [6.07, 6.45) is 0. The van der Waals surface area contributed by atoms with Crippen molar-refractivity contribution in [3.63, 3.8) is 0 Å². The third kappa shape index (κ3) is 4.83. The Bertz CT molecular complexity index is 2960. The largest absolute Gasteiger partial charge is 0.208 e. The van der Waals surface area contributed by atoms with Crippen LogP contribution in [0.15, 0.2) is 192 Å². The predicted octanol–water partition coefficient (Wildman–Crippen LogP) is 12.4. The van der Waals surface area contributed by atoms with E-state index in [4.69, 9.17) is 15.0 Å². The van der Waals surface area contributed by atoms with Crippen molar-refractivity contribution < 1.29 is 0 Å². The van der Waals surface area contributed by atoms with E-state index in [1.54, 1.807) is 0 Å². The third-order valence-corrected chi connectivity index (χ3v) is 12.4. The molecule has 1 aliphatic carbocycles. The van der Waals surface area contributed by atoms with Crippen LogP contribution in [0.3, 0.4) is 0 Å². The Hall–Kier alpha value is -7.13. The van der Waals surface area contributed by atoms with E-state index >= 15 is 0 Å². The quantitative estimate of drug-likeness (QED) is 0.180. The molecule has 260 valence electrons. The molecule has 56 heavy (non-hydrogen) atoms. The van der Waals surface area contributed by atoms with Gasteiger partial charge >= 0.3 is 0 Å². The Balaban J connectivity index is 1.26. The van der Waals surface area contributed by atoms with E-state index in [1.165, 1.54) is 43.2 Å². The summed E-state index contributed by atoms with van der Waals surface area (Å²) in [7, 11) is 0. The summed E-state index contributed by atoms with van der Waals surface area (Å²) >= 11 is 1.84. The highest BCUT2D eigenvalue weighted by atomic mass is 32.2. The zero-order chi connectivity index (χ0) is 37.2. The molecule has 2 heterocycles. The van der Waals surface area contributed by atoms with Crippen molar-refractivity contribution in [1.29, 1.82) is 5.26 Å². The molecule has 1 spiro atoms. The molecule has 0 radical (unpaired) electrons. The first kappa shape index (κ1) is 32.3. The number of rotatable bonds is 4. The van der Waals surface area contributed by atoms with Crippen LogP contribution in [-0.4, -0.2) is 15.0 Å². The number of hydrogen-bond acceptors (Lipinski definition) is 5. The van der Waals surface area contributed by atoms with Crippen LogP contribution in [0, 0.1) is 11.3 Å². The third-order valence-electron chi connectivity index (χ3n) is 11.2. The van der Waals surface area contributed by atoms with E-state index in [9.17, 15) is 5.26 Å². The molecule has 0 saturated heterocycles. The van der Waals surface area contributed by atoms with Crippen LogP contribution in [0.5, 0.6) is 0 Å². The summed E-state index contributed by atoms with van der Waals surface area (Å²) in [6.45, 7) is 0. The second kappa shape index (κ2) is 12.7. The first-order valence-corrected chi connectivity index (χ1v) is 19.5. The van der Waals surface area contributed by atoms with Gasteiger partial charge in [-0.25, -0.2) is 15.0 Å². The Labute approximate surface area is 328 Å². The summed E-state index contributed by atoms with van der Waals surface area (Å²) in [4.78, 5) is 18.0. The van der Waals surface area contributed by atoms with Gasteiger partial charge < -0.3 is 0 Å². The molecule has 0 atom stereocenters. The molecule has 4 nitrogen and oxygen atoms in total. The van der Waals surface area contributed by atoms with E-state index in [0.29, 0.717) is 23.0 Å². The lowest BCUT2D eigenvalue weighted by molar-refractivity contribution is 0.723. The Morgan fingerprint density at radius 1 is 0.411 bits per heavy atom. The van der Waals surface area contributed by atoms with Crippen LogP contribution in [0.25, 0.3) is 67.2 Å². The number of nitriles is 1. The average molecular weight is 731 g/mol. The van der Waals surface area contributed by atoms with Gasteiger partial charge in [-0.05, 0) is 91.7 Å². The maximum Gasteiger partial charge on any atom is 0.164 e. The van der Waals surface area contributed by atoms with E-state index in [1.807, 2.05) is 60.3 Å². The molecule has 11 rings (SSSR count). The van der Waals surface area contributed by atoms with Gasteiger partial charge in [0.1, 0.15) is 0 Å². The minimum Gasteiger partial charge on any atom is -0.208 e. The number of nitrogens with zero attached hydrogens (tertiary/aromatic N) is 4. The second-order valence-corrected chi connectivity index (χ2v) is 15.3. The molecule has 2 aliphatic rings. The summed E-state index contributed by atoms with van der Waals surface area (Å²) < 4.78 is 0. The van der Waals surface area contributed by atoms with Crippen molar-refractivity contribution in [1.82, 2.24) is 15.0 Å². The topological polar surface area (TPSA) is 62.5 Å². The van der Waals surface area contributed by atoms with Crippen LogP contribution in [0.4, 0.5) is 0 Å². The van der Waals surface area contributed by atoms with Gasteiger partial charge in [0.25, 0.3) is 0 Å². The number of hydrogen-bond donors (Lipinski definition) is 0. The first-order valence-electron chi connectivity index (χ1n) is 18.7. The normalized spacial score (nSPS) is 13.1. The molecule has 8 aromatic carbocycles. The Kier molecular flexibility index (Phi) is 7.35. The van der Waals surface area contributed by atoms with E-state index in [-0.39, 0.29) is 0 Å². The van der Waals surface area contributed by atoms with Gasteiger partial charge in [0.15, 0.2) is 17.5 Å². The first-order chi connectivity index (χ1) is 27.7. The summed E-state index contributed by atoms with van der Waals surface area (Å²) in [5, 5.41) is 11.8. The SMILES string of the molecule is N#Cc1ccc(-c2ccc3c(c2)C2(c4ccccc4Sc4ccccc42)c2cc(-c4nc(-c5ccccc5)nc(-c5ccccc5)n4)c4ccccc4c2-3)cc1. The van der Waals surface area contributed by atoms with Gasteiger partial charge in [-0.2, -0.15) is 5.26 Å². The Morgan fingerprint density at radius 2 is 0.946 bits per heavy atom. The number of fused-ring (bicyclic) bond motifs is 11. The number of aromatic nitrogens is 3. The molecule has 0 fully saturated rings. The molecule has 1 aromatic heterocycles. The van der Waals surface area contributed by atoms with Gasteiger partial charge in [0.05, 0.1) is 17.0 Å². The second-order valence-electron chi connectivity index (χ2n) is 14.2. The fraction of sp³-hybridized carbons (Fsp3) is 0.0196. The summed E-state index contributed by atoms with van der Waals surface area (Å²) in [5.74, 6) is 1.90. The van der Waals surface area contributed by atoms with Crippen LogP contribution in [0.1, 0.15) is 27.8 Å². The van der Waals surface area contributed by atoms with Gasteiger partial charge in [0.2, 0.25) is 0 Å². The van der Waals surface area contributed by atoms with Gasteiger partial charge in [-0.3, -0.25) is 0 Å². The number of benzene rings is 8. The zero-order valence-corrected chi connectivity index (χ0v) is 30.8. The zero-order valence-electron chi connectivity index (χ0n) is 30.0. The van der Waals surface area contributed by atoms with Crippen molar-refractivity contribution in [3.05, 3.63) is 210 Å². The molecule has 1 aliphatic heterocycles. The molecule has 0 bridgehead atoms. The van der Waals surface area contributed by atoms with Crippen LogP contribution >= 0.6 is 11.8 Å². The molecule has 5 heteroatoms. The van der Waals surface area contributed by atoms with Crippen molar-refractivity contribution >= 4 is 22.5 Å². The van der Waals surface area contributed by atoms with Crippen molar-refractivity contribution in [3.8, 4) is 62.5 Å². The Morgan fingerprint density at radius 3 is 1.57 bits per heavy atom. The van der Waals surface area contributed by atoms with Crippen molar-refractivity contribution in [2.45, 2.75) is 15.2 Å². The van der Waals surface area contributed by atoms with Gasteiger partial charge in [0, 0.05) is 26.5 Å². The molecule has 9 aromatic rings. The molecular weight excluding hydrogens is 701 g/mol. The smallest absolute Gasteiger partial charge is 0.164 e. The standard InChI is InChI=1S/C51H30N4S/c52-31-32-23-25-33(26-24-32)36-27-28-39-43(29-36)51(41-19-9-11-21-45(41)56-46-22-12-10-20-42(46)51)44-30-40(37-17-7-8-18-38(37)47(39)44)50-54-48(34-13-3-1-4-14-34)53-49(55-50)35-15-5-2-6-16-35/h1-30H. The lowest BCUT2D eigenvalue weighted by atomic mass is 9.66. The molecule has 0 unspecified atom stereocenters. The molecule has 0 saturated carbocycles. The monoisotopic (exact) mass is 730 g/mol. The van der Waals surface area contributed by atoms with E-state index in [2.05, 4.69) is 140 Å². The lowest BCUT2D eigenvalue weighted by Gasteiger charge is -2.40. The highest BCUT2D eigenvalue weighted by Crippen LogP contribution is 2.64. The minimum atomic E-state index is -0.637. The van der Waals surface area contributed by atoms with Crippen LogP contribution in [0.2, 0.25) is 0 Å². The fourth-order valence-corrected chi connectivity index (χ4v) is 9.98. The van der Waals surface area contributed by atoms with Crippen LogP contribution < -0.4 is 0 Å². The van der Waals surface area contributed by atoms with Crippen LogP contribution in [-0.2, 0) is 5.41 Å². The molecular formula is C51H30N4S. The lowest BCUT2D eigenvalue weighted by Crippen LogP contribution is -2.32. The van der Waals surface area contributed by atoms with E-state index in [0.717, 1.165) is 38.6 Å². The maximum absolute atomic E-state index is 9.55. The van der Waals surface area contributed by atoms with Gasteiger partial charge in [-0.15, -0.1) is 0 Å². The summed E-state index contributed by atoms with van der Waals surface area (Å²) in [6, 6.07) is 66.3. The predicted molar refractivity (Wildman–Crippen MR) is 225 cm³/mol. The van der Waals surface area contributed by atoms with Crippen molar-refractivity contribution in [2.75, 3.05) is 0 Å². The van der Waals surface area contributed by atoms with Gasteiger partial charge in [-0.1, -0.05) is 157 Å². The van der Waals surface area contributed by atoms with E-state index < -0.39 is 5.41 Å². The maximum atomic E-state index is 9.55. The minimum absolute atomic E-state index is 0.632. The fourth-order valence-electron chi connectivity index (χ4n) is 8.78. The highest BCUT2D eigenvalue weighted by Gasteiger charge is 2.51. The molecule has 0 N–H and O–H groups in total. The average Bonchev–Trinajstić information content (AvgIpc) is 3.56. The highest BCUT2D eigenvalue weighted by molar-refractivity contribution is 7.99. The summed E-state index contributed by atoms with van der Waals surface area (Å²) in [5.41, 5.74) is 12.4.